The van der Waals surface area contributed by atoms with Gasteiger partial charge in [-0.2, -0.15) is 13.2 Å². The molecular formula is C22H23F4NO3S. The molecule has 1 saturated carbocycles. The van der Waals surface area contributed by atoms with E-state index in [4.69, 9.17) is 5.73 Å². The molecule has 9 heteroatoms. The summed E-state index contributed by atoms with van der Waals surface area (Å²) < 4.78 is 79.4. The van der Waals surface area contributed by atoms with Crippen molar-refractivity contribution in [2.45, 2.75) is 54.8 Å². The van der Waals surface area contributed by atoms with Crippen LogP contribution in [-0.2, 0) is 25.6 Å². The lowest BCUT2D eigenvalue weighted by molar-refractivity contribution is -0.137. The number of rotatable bonds is 5. The largest absolute Gasteiger partial charge is 0.416 e. The van der Waals surface area contributed by atoms with Crippen LogP contribution in [0, 0.1) is 18.7 Å². The molecule has 31 heavy (non-hydrogen) atoms. The van der Waals surface area contributed by atoms with Crippen molar-refractivity contribution in [3.8, 4) is 0 Å². The van der Waals surface area contributed by atoms with Crippen molar-refractivity contribution in [3.05, 3.63) is 65.0 Å². The van der Waals surface area contributed by atoms with Gasteiger partial charge in [-0.05, 0) is 68.9 Å². The van der Waals surface area contributed by atoms with Crippen LogP contribution in [0.1, 0.15) is 48.8 Å². The number of benzene rings is 2. The summed E-state index contributed by atoms with van der Waals surface area (Å²) in [4.78, 5) is 11.0. The van der Waals surface area contributed by atoms with Gasteiger partial charge < -0.3 is 5.73 Å². The fourth-order valence-electron chi connectivity index (χ4n) is 4.35. The Morgan fingerprint density at radius 3 is 2.19 bits per heavy atom. The highest BCUT2D eigenvalue weighted by atomic mass is 32.2. The Morgan fingerprint density at radius 1 is 1.10 bits per heavy atom. The fraction of sp³-hybridized carbons (Fsp3) is 0.409. The fourth-order valence-corrected chi connectivity index (χ4v) is 6.52. The van der Waals surface area contributed by atoms with Gasteiger partial charge in [-0.25, -0.2) is 12.8 Å². The summed E-state index contributed by atoms with van der Waals surface area (Å²) in [6.07, 6.45) is -3.77. The van der Waals surface area contributed by atoms with Gasteiger partial charge in [0.25, 0.3) is 0 Å². The van der Waals surface area contributed by atoms with E-state index in [0.29, 0.717) is 30.5 Å². The van der Waals surface area contributed by atoms with Crippen LogP contribution in [-0.4, -0.2) is 14.3 Å². The predicted octanol–water partition coefficient (Wildman–Crippen LogP) is 4.89. The van der Waals surface area contributed by atoms with Gasteiger partial charge in [0.15, 0.2) is 9.84 Å². The summed E-state index contributed by atoms with van der Waals surface area (Å²) in [5.74, 6) is -1.31. The van der Waals surface area contributed by atoms with Crippen LogP contribution in [0.5, 0.6) is 0 Å². The SMILES string of the molecule is Cc1ccc(F)c(C2(S(=O)(=O)c3ccc(C(F)(F)F)cc3)CCC(CC(N)=O)CC2)c1. The van der Waals surface area contributed by atoms with Gasteiger partial charge in [-0.3, -0.25) is 4.79 Å². The quantitative estimate of drug-likeness (QED) is 0.650. The van der Waals surface area contributed by atoms with E-state index in [1.807, 2.05) is 0 Å². The third-order valence-corrected chi connectivity index (χ3v) is 8.57. The molecule has 0 radical (unpaired) electrons. The monoisotopic (exact) mass is 457 g/mol. The molecule has 0 bridgehead atoms. The number of hydrogen-bond donors (Lipinski definition) is 1. The molecule has 0 aliphatic heterocycles. The summed E-state index contributed by atoms with van der Waals surface area (Å²) in [7, 11) is -4.25. The molecule has 0 spiro atoms. The van der Waals surface area contributed by atoms with Crippen molar-refractivity contribution in [1.82, 2.24) is 0 Å². The highest BCUT2D eigenvalue weighted by molar-refractivity contribution is 7.92. The maximum atomic E-state index is 14.9. The van der Waals surface area contributed by atoms with Crippen LogP contribution in [0.25, 0.3) is 0 Å². The molecular weight excluding hydrogens is 434 g/mol. The first kappa shape index (κ1) is 23.2. The van der Waals surface area contributed by atoms with E-state index >= 15 is 0 Å². The van der Waals surface area contributed by atoms with E-state index in [9.17, 15) is 30.8 Å². The Bertz CT molecular complexity index is 1070. The molecule has 3 rings (SSSR count). The van der Waals surface area contributed by atoms with E-state index in [0.717, 1.165) is 12.1 Å². The Balaban J connectivity index is 2.10. The van der Waals surface area contributed by atoms with Crippen LogP contribution >= 0.6 is 0 Å². The van der Waals surface area contributed by atoms with Crippen LogP contribution < -0.4 is 5.73 Å². The molecule has 1 amide bonds. The summed E-state index contributed by atoms with van der Waals surface area (Å²) in [5, 5.41) is 0. The van der Waals surface area contributed by atoms with Crippen molar-refractivity contribution >= 4 is 15.7 Å². The van der Waals surface area contributed by atoms with Gasteiger partial charge in [-0.15, -0.1) is 0 Å². The van der Waals surface area contributed by atoms with E-state index in [1.54, 1.807) is 6.92 Å². The molecule has 0 aromatic heterocycles. The lowest BCUT2D eigenvalue weighted by Gasteiger charge is -2.40. The molecule has 4 nitrogen and oxygen atoms in total. The van der Waals surface area contributed by atoms with Crippen LogP contribution in [0.3, 0.4) is 0 Å². The molecule has 168 valence electrons. The minimum absolute atomic E-state index is 0.00456. The van der Waals surface area contributed by atoms with Crippen molar-refractivity contribution < 1.29 is 30.8 Å². The minimum atomic E-state index is -4.60. The van der Waals surface area contributed by atoms with Gasteiger partial charge in [0, 0.05) is 12.0 Å². The number of halogens is 4. The second kappa shape index (κ2) is 8.26. The lowest BCUT2D eigenvalue weighted by atomic mass is 9.76. The average Bonchev–Trinajstić information content (AvgIpc) is 2.69. The number of sulfone groups is 1. The summed E-state index contributed by atoms with van der Waals surface area (Å²) in [6, 6.07) is 7.47. The molecule has 2 N–H and O–H groups in total. The number of amides is 1. The number of carbonyl (C=O) groups is 1. The van der Waals surface area contributed by atoms with E-state index in [1.165, 1.54) is 18.2 Å². The Kier molecular flexibility index (Phi) is 6.19. The van der Waals surface area contributed by atoms with Crippen LogP contribution in [0.15, 0.2) is 47.4 Å². The zero-order valence-electron chi connectivity index (χ0n) is 16.9. The van der Waals surface area contributed by atoms with Gasteiger partial charge in [0.1, 0.15) is 10.6 Å². The molecule has 1 aliphatic rings. The first-order valence-electron chi connectivity index (χ1n) is 9.84. The zero-order valence-corrected chi connectivity index (χ0v) is 17.7. The predicted molar refractivity (Wildman–Crippen MR) is 107 cm³/mol. The van der Waals surface area contributed by atoms with Crippen molar-refractivity contribution in [1.29, 1.82) is 0 Å². The Hall–Kier alpha value is -2.42. The highest BCUT2D eigenvalue weighted by Gasteiger charge is 2.50. The number of hydrogen-bond acceptors (Lipinski definition) is 3. The van der Waals surface area contributed by atoms with Crippen LogP contribution in [0.4, 0.5) is 17.6 Å². The van der Waals surface area contributed by atoms with E-state index in [-0.39, 0.29) is 35.6 Å². The molecule has 0 unspecified atom stereocenters. The zero-order chi connectivity index (χ0) is 23.0. The van der Waals surface area contributed by atoms with E-state index in [2.05, 4.69) is 0 Å². The Labute approximate surface area is 178 Å². The molecule has 0 atom stereocenters. The number of carbonyl (C=O) groups excluding carboxylic acids is 1. The van der Waals surface area contributed by atoms with Gasteiger partial charge in [0.05, 0.1) is 10.5 Å². The number of alkyl halides is 3. The van der Waals surface area contributed by atoms with Crippen molar-refractivity contribution in [3.63, 3.8) is 0 Å². The topological polar surface area (TPSA) is 77.2 Å². The van der Waals surface area contributed by atoms with Crippen molar-refractivity contribution in [2.24, 2.45) is 11.7 Å². The highest BCUT2D eigenvalue weighted by Crippen LogP contribution is 2.50. The summed E-state index contributed by atoms with van der Waals surface area (Å²) in [5.41, 5.74) is 4.97. The van der Waals surface area contributed by atoms with E-state index < -0.39 is 38.0 Å². The normalized spacial score (nSPS) is 22.3. The van der Waals surface area contributed by atoms with Crippen LogP contribution in [0.2, 0.25) is 0 Å². The standard InChI is InChI=1S/C22H23F4NO3S/c1-14-2-7-19(23)18(12-14)21(10-8-15(9-11-21)13-20(27)28)31(29,30)17-5-3-16(4-6-17)22(24,25)26/h2-7,12,15H,8-11,13H2,1H3,(H2,27,28). The lowest BCUT2D eigenvalue weighted by Crippen LogP contribution is -2.41. The summed E-state index contributed by atoms with van der Waals surface area (Å²) in [6.45, 7) is 1.71. The Morgan fingerprint density at radius 2 is 1.68 bits per heavy atom. The first-order chi connectivity index (χ1) is 14.4. The molecule has 2 aromatic carbocycles. The third-order valence-electron chi connectivity index (χ3n) is 6.02. The molecule has 1 fully saturated rings. The van der Waals surface area contributed by atoms with Crippen molar-refractivity contribution in [2.75, 3.05) is 0 Å². The molecule has 2 aromatic rings. The average molecular weight is 457 g/mol. The first-order valence-corrected chi connectivity index (χ1v) is 11.3. The molecule has 1 aliphatic carbocycles. The molecule has 0 saturated heterocycles. The second-order valence-corrected chi connectivity index (χ2v) is 10.4. The van der Waals surface area contributed by atoms with Gasteiger partial charge in [0.2, 0.25) is 5.91 Å². The summed E-state index contributed by atoms with van der Waals surface area (Å²) >= 11 is 0. The maximum absolute atomic E-state index is 14.9. The molecule has 0 heterocycles. The third kappa shape index (κ3) is 4.46. The number of primary amides is 1. The minimum Gasteiger partial charge on any atom is -0.370 e. The second-order valence-electron chi connectivity index (χ2n) is 8.12. The smallest absolute Gasteiger partial charge is 0.370 e. The maximum Gasteiger partial charge on any atom is 0.416 e. The van der Waals surface area contributed by atoms with Gasteiger partial charge >= 0.3 is 6.18 Å². The number of nitrogens with two attached hydrogens (primary N) is 1. The number of aryl methyl sites for hydroxylation is 1. The van der Waals surface area contributed by atoms with Gasteiger partial charge in [-0.1, -0.05) is 17.7 Å².